The van der Waals surface area contributed by atoms with Crippen molar-refractivity contribution in [2.45, 2.75) is 57.5 Å². The fourth-order valence-electron chi connectivity index (χ4n) is 4.37. The molecule has 1 aromatic rings. The molecule has 1 aromatic carbocycles. The molecular formula is C21H31N3O3. The summed E-state index contributed by atoms with van der Waals surface area (Å²) < 4.78 is 0. The van der Waals surface area contributed by atoms with E-state index in [0.717, 1.165) is 45.1 Å². The second-order valence-electron chi connectivity index (χ2n) is 7.98. The summed E-state index contributed by atoms with van der Waals surface area (Å²) in [6, 6.07) is 6.87. The van der Waals surface area contributed by atoms with Gasteiger partial charge in [-0.2, -0.15) is 0 Å². The molecule has 0 bridgehead atoms. The lowest BCUT2D eigenvalue weighted by Gasteiger charge is -2.30. The smallest absolute Gasteiger partial charge is 0.317 e. The van der Waals surface area contributed by atoms with Crippen LogP contribution in [0.25, 0.3) is 0 Å². The number of aryl methyl sites for hydroxylation is 2. The van der Waals surface area contributed by atoms with E-state index in [1.807, 2.05) is 16.8 Å². The van der Waals surface area contributed by atoms with Crippen molar-refractivity contribution in [3.05, 3.63) is 34.9 Å². The summed E-state index contributed by atoms with van der Waals surface area (Å²) in [5, 5.41) is 12.2. The van der Waals surface area contributed by atoms with Crippen molar-refractivity contribution < 1.29 is 14.7 Å². The number of hydrogen-bond acceptors (Lipinski definition) is 3. The maximum Gasteiger partial charge on any atom is 0.317 e. The molecule has 2 atom stereocenters. The monoisotopic (exact) mass is 373 g/mol. The first kappa shape index (κ1) is 19.7. The van der Waals surface area contributed by atoms with Crippen molar-refractivity contribution in [2.24, 2.45) is 0 Å². The Labute approximate surface area is 161 Å². The third-order valence-electron chi connectivity index (χ3n) is 5.91. The van der Waals surface area contributed by atoms with Crippen LogP contribution >= 0.6 is 0 Å². The average Bonchev–Trinajstić information content (AvgIpc) is 2.88. The third kappa shape index (κ3) is 5.01. The van der Waals surface area contributed by atoms with Crippen LogP contribution in [0.2, 0.25) is 0 Å². The van der Waals surface area contributed by atoms with Gasteiger partial charge in [0.25, 0.3) is 0 Å². The molecule has 6 heteroatoms. The molecular weight excluding hydrogens is 342 g/mol. The first-order chi connectivity index (χ1) is 12.9. The number of carboxylic acids is 1. The molecule has 0 aromatic heterocycles. The number of urea groups is 1. The number of likely N-dealkylation sites (tertiary alicyclic amines) is 1. The van der Waals surface area contributed by atoms with Gasteiger partial charge in [0.05, 0.1) is 12.6 Å². The number of aliphatic carboxylic acids is 1. The zero-order chi connectivity index (χ0) is 19.4. The number of benzene rings is 1. The molecule has 3 rings (SSSR count). The van der Waals surface area contributed by atoms with Crippen molar-refractivity contribution in [1.82, 2.24) is 15.1 Å². The number of nitrogens with zero attached hydrogens (tertiary/aromatic N) is 2. The van der Waals surface area contributed by atoms with Gasteiger partial charge in [0.2, 0.25) is 0 Å². The number of carbonyl (C=O) groups excluding carboxylic acids is 1. The van der Waals surface area contributed by atoms with E-state index < -0.39 is 5.97 Å². The summed E-state index contributed by atoms with van der Waals surface area (Å²) in [5.41, 5.74) is 3.85. The quantitative estimate of drug-likeness (QED) is 0.851. The fourth-order valence-corrected chi connectivity index (χ4v) is 4.37. The largest absolute Gasteiger partial charge is 0.480 e. The molecule has 2 N–H and O–H groups in total. The predicted molar refractivity (Wildman–Crippen MR) is 105 cm³/mol. The predicted octanol–water partition coefficient (Wildman–Crippen LogP) is 2.95. The molecule has 1 saturated heterocycles. The van der Waals surface area contributed by atoms with Gasteiger partial charge in [-0.25, -0.2) is 4.79 Å². The van der Waals surface area contributed by atoms with E-state index in [2.05, 4.69) is 30.4 Å². The van der Waals surface area contributed by atoms with Gasteiger partial charge in [0.15, 0.2) is 0 Å². The molecule has 1 unspecified atom stereocenters. The summed E-state index contributed by atoms with van der Waals surface area (Å²) in [6.45, 7) is 3.55. The Balaban J connectivity index is 1.59. The lowest BCUT2D eigenvalue weighted by atomic mass is 9.87. The van der Waals surface area contributed by atoms with E-state index in [9.17, 15) is 9.59 Å². The Kier molecular flexibility index (Phi) is 6.37. The van der Waals surface area contributed by atoms with Crippen molar-refractivity contribution in [1.29, 1.82) is 0 Å². The maximum atomic E-state index is 12.9. The van der Waals surface area contributed by atoms with Crippen LogP contribution in [0.1, 0.15) is 54.8 Å². The van der Waals surface area contributed by atoms with E-state index >= 15 is 0 Å². The molecule has 1 aliphatic heterocycles. The van der Waals surface area contributed by atoms with Crippen molar-refractivity contribution in [2.75, 3.05) is 26.7 Å². The normalized spacial score (nSPS) is 22.9. The summed E-state index contributed by atoms with van der Waals surface area (Å²) in [4.78, 5) is 27.6. The molecule has 27 heavy (non-hydrogen) atoms. The van der Waals surface area contributed by atoms with Crippen LogP contribution in [0.5, 0.6) is 0 Å². The number of carboxylic acid groups (broad SMARTS) is 1. The Bertz CT molecular complexity index is 691. The van der Waals surface area contributed by atoms with Crippen molar-refractivity contribution in [3.8, 4) is 0 Å². The number of likely N-dealkylation sites (N-methyl/N-ethyl adjacent to an activating group) is 1. The van der Waals surface area contributed by atoms with Crippen LogP contribution in [-0.2, 0) is 11.2 Å². The van der Waals surface area contributed by atoms with Gasteiger partial charge in [0.1, 0.15) is 0 Å². The van der Waals surface area contributed by atoms with Gasteiger partial charge in [-0.05, 0) is 63.6 Å². The summed E-state index contributed by atoms with van der Waals surface area (Å²) in [5.74, 6) is -0.803. The number of carbonyl (C=O) groups is 2. The van der Waals surface area contributed by atoms with Gasteiger partial charge >= 0.3 is 12.0 Å². The lowest BCUT2D eigenvalue weighted by molar-refractivity contribution is -0.138. The van der Waals surface area contributed by atoms with Crippen molar-refractivity contribution in [3.63, 3.8) is 0 Å². The number of nitrogens with one attached hydrogen (secondary N) is 1. The molecule has 6 nitrogen and oxygen atoms in total. The van der Waals surface area contributed by atoms with Gasteiger partial charge in [-0.3, -0.25) is 9.69 Å². The topological polar surface area (TPSA) is 72.9 Å². The fraction of sp³-hybridized carbons (Fsp3) is 0.619. The highest BCUT2D eigenvalue weighted by Crippen LogP contribution is 2.30. The van der Waals surface area contributed by atoms with Gasteiger partial charge in [0, 0.05) is 19.1 Å². The summed E-state index contributed by atoms with van der Waals surface area (Å²) in [6.07, 6.45) is 5.82. The van der Waals surface area contributed by atoms with Crippen LogP contribution in [0, 0.1) is 6.92 Å². The first-order valence-electron chi connectivity index (χ1n) is 10.0. The highest BCUT2D eigenvalue weighted by Gasteiger charge is 2.27. The maximum absolute atomic E-state index is 12.9. The SMILES string of the molecule is Cc1ccc2c(c1)[C@@H](NC(=O)N1CCCC(N(C)CC(=O)O)CC1)CCC2. The zero-order valence-electron chi connectivity index (χ0n) is 16.4. The highest BCUT2D eigenvalue weighted by molar-refractivity contribution is 5.75. The molecule has 0 saturated carbocycles. The lowest BCUT2D eigenvalue weighted by Crippen LogP contribution is -2.43. The van der Waals surface area contributed by atoms with E-state index in [4.69, 9.17) is 5.11 Å². The Morgan fingerprint density at radius 1 is 1.22 bits per heavy atom. The van der Waals surface area contributed by atoms with E-state index in [0.29, 0.717) is 6.54 Å². The second-order valence-corrected chi connectivity index (χ2v) is 7.98. The van der Waals surface area contributed by atoms with Gasteiger partial charge in [-0.15, -0.1) is 0 Å². The molecule has 1 aliphatic carbocycles. The Hall–Kier alpha value is -2.08. The van der Waals surface area contributed by atoms with E-state index in [1.165, 1.54) is 16.7 Å². The van der Waals surface area contributed by atoms with Gasteiger partial charge < -0.3 is 15.3 Å². The average molecular weight is 373 g/mol. The van der Waals surface area contributed by atoms with Crippen LogP contribution < -0.4 is 5.32 Å². The van der Waals surface area contributed by atoms with Gasteiger partial charge in [-0.1, -0.05) is 23.8 Å². The molecule has 148 valence electrons. The zero-order valence-corrected chi connectivity index (χ0v) is 16.4. The molecule has 1 heterocycles. The molecule has 1 fully saturated rings. The molecule has 0 radical (unpaired) electrons. The van der Waals surface area contributed by atoms with Crippen LogP contribution in [0.4, 0.5) is 4.79 Å². The number of amides is 2. The highest BCUT2D eigenvalue weighted by atomic mass is 16.4. The molecule has 2 aliphatic rings. The summed E-state index contributed by atoms with van der Waals surface area (Å²) >= 11 is 0. The molecule has 0 spiro atoms. The number of hydrogen-bond donors (Lipinski definition) is 2. The van der Waals surface area contributed by atoms with E-state index in [-0.39, 0.29) is 24.7 Å². The van der Waals surface area contributed by atoms with Crippen molar-refractivity contribution >= 4 is 12.0 Å². The Morgan fingerprint density at radius 2 is 2.04 bits per heavy atom. The number of rotatable bonds is 4. The standard InChI is InChI=1S/C21H31N3O3/c1-15-8-9-16-5-3-7-19(18(16)13-15)22-21(27)24-11-4-6-17(10-12-24)23(2)14-20(25)26/h8-9,13,17,19H,3-7,10-12,14H2,1-2H3,(H,22,27)(H,25,26)/t17?,19-/m0/s1. The minimum atomic E-state index is -0.803. The minimum absolute atomic E-state index is 0.0101. The first-order valence-corrected chi connectivity index (χ1v) is 10.0. The second kappa shape index (κ2) is 8.74. The van der Waals surface area contributed by atoms with Crippen LogP contribution in [-0.4, -0.2) is 59.6 Å². The van der Waals surface area contributed by atoms with E-state index in [1.54, 1.807) is 0 Å². The van der Waals surface area contributed by atoms with Crippen LogP contribution in [0.15, 0.2) is 18.2 Å². The number of fused-ring (bicyclic) bond motifs is 1. The third-order valence-corrected chi connectivity index (χ3v) is 5.91. The van der Waals surface area contributed by atoms with Crippen LogP contribution in [0.3, 0.4) is 0 Å². The molecule has 2 amide bonds. The minimum Gasteiger partial charge on any atom is -0.480 e. The summed E-state index contributed by atoms with van der Waals surface area (Å²) in [7, 11) is 1.86. The Morgan fingerprint density at radius 3 is 2.81 bits per heavy atom.